The lowest BCUT2D eigenvalue weighted by Gasteiger charge is -2.19. The third kappa shape index (κ3) is 4.35. The van der Waals surface area contributed by atoms with Gasteiger partial charge in [0.15, 0.2) is 0 Å². The number of hydrogen-bond donors (Lipinski definition) is 1. The van der Waals surface area contributed by atoms with Crippen molar-refractivity contribution in [3.05, 3.63) is 29.3 Å². The number of carbonyl (C=O) groups excluding carboxylic acids is 2. The second-order valence-electron chi connectivity index (χ2n) is 6.77. The number of para-hydroxylation sites is 1. The Bertz CT molecular complexity index is 598. The second-order valence-corrected chi connectivity index (χ2v) is 6.77. The molecule has 2 amide bonds. The SMILES string of the molecule is COCCCN1CC(C(=O)Nc2c(C)cccc2C(C)C)CC1=O. The number of anilines is 1. The van der Waals surface area contributed by atoms with Gasteiger partial charge in [0.1, 0.15) is 0 Å². The van der Waals surface area contributed by atoms with Gasteiger partial charge in [-0.05, 0) is 30.4 Å². The first kappa shape index (κ1) is 18.5. The van der Waals surface area contributed by atoms with Gasteiger partial charge in [-0.3, -0.25) is 9.59 Å². The summed E-state index contributed by atoms with van der Waals surface area (Å²) in [5.41, 5.74) is 3.07. The normalized spacial score (nSPS) is 17.6. The Labute approximate surface area is 144 Å². The molecule has 1 unspecified atom stereocenters. The monoisotopic (exact) mass is 332 g/mol. The third-order valence-electron chi connectivity index (χ3n) is 4.54. The first-order chi connectivity index (χ1) is 11.4. The quantitative estimate of drug-likeness (QED) is 0.781. The second kappa shape index (κ2) is 8.29. The van der Waals surface area contributed by atoms with Gasteiger partial charge in [0, 0.05) is 38.9 Å². The molecule has 1 N–H and O–H groups in total. The molecule has 0 saturated carbocycles. The predicted octanol–water partition coefficient (Wildman–Crippen LogP) is 2.94. The highest BCUT2D eigenvalue weighted by atomic mass is 16.5. The zero-order chi connectivity index (χ0) is 17.7. The number of ether oxygens (including phenoxy) is 1. The number of benzene rings is 1. The average molecular weight is 332 g/mol. The molecule has 1 aliphatic heterocycles. The van der Waals surface area contributed by atoms with Crippen molar-refractivity contribution in [1.29, 1.82) is 0 Å². The lowest BCUT2D eigenvalue weighted by atomic mass is 9.97. The van der Waals surface area contributed by atoms with E-state index in [1.165, 1.54) is 0 Å². The van der Waals surface area contributed by atoms with Crippen LogP contribution >= 0.6 is 0 Å². The molecule has 1 aromatic rings. The van der Waals surface area contributed by atoms with Gasteiger partial charge in [-0.15, -0.1) is 0 Å². The maximum absolute atomic E-state index is 12.6. The van der Waals surface area contributed by atoms with E-state index in [9.17, 15) is 9.59 Å². The number of carbonyl (C=O) groups is 2. The summed E-state index contributed by atoms with van der Waals surface area (Å²) in [6.45, 7) is 8.00. The number of hydrogen-bond acceptors (Lipinski definition) is 3. The Morgan fingerprint density at radius 1 is 1.42 bits per heavy atom. The third-order valence-corrected chi connectivity index (χ3v) is 4.54. The fraction of sp³-hybridized carbons (Fsp3) is 0.579. The topological polar surface area (TPSA) is 58.6 Å². The summed E-state index contributed by atoms with van der Waals surface area (Å²) >= 11 is 0. The van der Waals surface area contributed by atoms with Crippen LogP contribution in [0.4, 0.5) is 5.69 Å². The number of methoxy groups -OCH3 is 1. The lowest BCUT2D eigenvalue weighted by Crippen LogP contribution is -2.29. The number of aryl methyl sites for hydroxylation is 1. The van der Waals surface area contributed by atoms with E-state index in [1.54, 1.807) is 12.0 Å². The van der Waals surface area contributed by atoms with Gasteiger partial charge in [0.25, 0.3) is 0 Å². The van der Waals surface area contributed by atoms with Crippen LogP contribution in [0.15, 0.2) is 18.2 Å². The minimum atomic E-state index is -0.278. The Morgan fingerprint density at radius 3 is 2.83 bits per heavy atom. The summed E-state index contributed by atoms with van der Waals surface area (Å²) < 4.78 is 5.02. The number of likely N-dealkylation sites (tertiary alicyclic amines) is 1. The van der Waals surface area contributed by atoms with E-state index in [-0.39, 0.29) is 17.7 Å². The van der Waals surface area contributed by atoms with Crippen LogP contribution in [-0.2, 0) is 14.3 Å². The molecule has 1 atom stereocenters. The molecule has 1 fully saturated rings. The van der Waals surface area contributed by atoms with Crippen molar-refractivity contribution < 1.29 is 14.3 Å². The number of nitrogens with one attached hydrogen (secondary N) is 1. The largest absolute Gasteiger partial charge is 0.385 e. The van der Waals surface area contributed by atoms with Gasteiger partial charge in [-0.1, -0.05) is 32.0 Å². The van der Waals surface area contributed by atoms with Crippen LogP contribution in [0.2, 0.25) is 0 Å². The van der Waals surface area contributed by atoms with Crippen molar-refractivity contribution in [2.45, 2.75) is 39.5 Å². The van der Waals surface area contributed by atoms with Crippen molar-refractivity contribution in [3.63, 3.8) is 0 Å². The van der Waals surface area contributed by atoms with Crippen molar-refractivity contribution in [2.24, 2.45) is 5.92 Å². The summed E-state index contributed by atoms with van der Waals surface area (Å²) in [5.74, 6) is 0.0459. The average Bonchev–Trinajstić information content (AvgIpc) is 2.90. The van der Waals surface area contributed by atoms with E-state index in [0.717, 1.165) is 23.2 Å². The molecule has 5 nitrogen and oxygen atoms in total. The summed E-state index contributed by atoms with van der Waals surface area (Å²) in [5, 5.41) is 3.07. The molecule has 0 bridgehead atoms. The van der Waals surface area contributed by atoms with E-state index < -0.39 is 0 Å². The van der Waals surface area contributed by atoms with Crippen molar-refractivity contribution in [1.82, 2.24) is 4.90 Å². The van der Waals surface area contributed by atoms with Gasteiger partial charge in [0.05, 0.1) is 5.92 Å². The van der Waals surface area contributed by atoms with Gasteiger partial charge in [-0.2, -0.15) is 0 Å². The Balaban J connectivity index is 2.02. The molecule has 132 valence electrons. The van der Waals surface area contributed by atoms with Crippen LogP contribution < -0.4 is 5.32 Å². The van der Waals surface area contributed by atoms with Crippen molar-refractivity contribution in [2.75, 3.05) is 32.1 Å². The molecular formula is C19H28N2O3. The van der Waals surface area contributed by atoms with Crippen LogP contribution in [0.3, 0.4) is 0 Å². The fourth-order valence-electron chi connectivity index (χ4n) is 3.13. The number of amides is 2. The number of nitrogens with zero attached hydrogens (tertiary/aromatic N) is 1. The van der Waals surface area contributed by atoms with Crippen LogP contribution in [0.1, 0.15) is 43.7 Å². The first-order valence-electron chi connectivity index (χ1n) is 8.61. The maximum Gasteiger partial charge on any atom is 0.229 e. The molecule has 5 heteroatoms. The summed E-state index contributed by atoms with van der Waals surface area (Å²) in [7, 11) is 1.65. The fourth-order valence-corrected chi connectivity index (χ4v) is 3.13. The van der Waals surface area contributed by atoms with E-state index in [2.05, 4.69) is 19.2 Å². The molecule has 24 heavy (non-hydrogen) atoms. The highest BCUT2D eigenvalue weighted by Crippen LogP contribution is 2.29. The standard InChI is InChI=1S/C19H28N2O3/c1-13(2)16-8-5-7-14(3)18(16)20-19(23)15-11-17(22)21(12-15)9-6-10-24-4/h5,7-8,13,15H,6,9-12H2,1-4H3,(H,20,23). The van der Waals surface area contributed by atoms with Gasteiger partial charge in [-0.25, -0.2) is 0 Å². The molecule has 1 heterocycles. The highest BCUT2D eigenvalue weighted by Gasteiger charge is 2.34. The zero-order valence-corrected chi connectivity index (χ0v) is 15.1. The Kier molecular flexibility index (Phi) is 6.37. The van der Waals surface area contributed by atoms with Crippen molar-refractivity contribution >= 4 is 17.5 Å². The van der Waals surface area contributed by atoms with E-state index in [4.69, 9.17) is 4.74 Å². The smallest absolute Gasteiger partial charge is 0.229 e. The minimum Gasteiger partial charge on any atom is -0.385 e. The summed E-state index contributed by atoms with van der Waals surface area (Å²) in [6.07, 6.45) is 1.09. The van der Waals surface area contributed by atoms with Gasteiger partial charge in [0.2, 0.25) is 11.8 Å². The van der Waals surface area contributed by atoms with E-state index >= 15 is 0 Å². The molecule has 0 aromatic heterocycles. The molecule has 2 rings (SSSR count). The van der Waals surface area contributed by atoms with E-state index in [1.807, 2.05) is 25.1 Å². The Hall–Kier alpha value is -1.88. The summed E-state index contributed by atoms with van der Waals surface area (Å²) in [6, 6.07) is 6.05. The molecule has 0 aliphatic carbocycles. The molecule has 1 saturated heterocycles. The van der Waals surface area contributed by atoms with Crippen molar-refractivity contribution in [3.8, 4) is 0 Å². The molecular weight excluding hydrogens is 304 g/mol. The lowest BCUT2D eigenvalue weighted by molar-refractivity contribution is -0.128. The zero-order valence-electron chi connectivity index (χ0n) is 15.1. The first-order valence-corrected chi connectivity index (χ1v) is 8.61. The van der Waals surface area contributed by atoms with Crippen LogP contribution in [0.5, 0.6) is 0 Å². The van der Waals surface area contributed by atoms with Gasteiger partial charge >= 0.3 is 0 Å². The molecule has 0 radical (unpaired) electrons. The molecule has 1 aliphatic rings. The minimum absolute atomic E-state index is 0.0557. The maximum atomic E-state index is 12.6. The van der Waals surface area contributed by atoms with Crippen LogP contribution in [-0.4, -0.2) is 43.5 Å². The Morgan fingerprint density at radius 2 is 2.17 bits per heavy atom. The highest BCUT2D eigenvalue weighted by molar-refractivity contribution is 5.98. The van der Waals surface area contributed by atoms with Crippen LogP contribution in [0, 0.1) is 12.8 Å². The molecule has 1 aromatic carbocycles. The van der Waals surface area contributed by atoms with E-state index in [0.29, 0.717) is 32.0 Å². The van der Waals surface area contributed by atoms with Crippen LogP contribution in [0.25, 0.3) is 0 Å². The number of rotatable bonds is 7. The predicted molar refractivity (Wildman–Crippen MR) is 95.1 cm³/mol. The summed E-state index contributed by atoms with van der Waals surface area (Å²) in [4.78, 5) is 26.5. The van der Waals surface area contributed by atoms with Gasteiger partial charge < -0.3 is 15.0 Å². The molecule has 0 spiro atoms.